The zero-order valence-electron chi connectivity index (χ0n) is 16.3. The molecule has 0 atom stereocenters. The van der Waals surface area contributed by atoms with Crippen molar-refractivity contribution in [2.45, 2.75) is 25.9 Å². The Hall–Kier alpha value is -3.02. The summed E-state index contributed by atoms with van der Waals surface area (Å²) in [6, 6.07) is 7.18. The Labute approximate surface area is 159 Å². The standard InChI is InChI=1S/C21H24N2O4/c1-13(25-6)14-9-18(16-11-21(2,3)27-19(16)10-14)26-15-7-8-17(22-12-15)20(24)23(4)5/h7-10,12H,1,11H2,2-6H3. The molecule has 6 nitrogen and oxygen atoms in total. The van der Waals surface area contributed by atoms with E-state index < -0.39 is 0 Å². The van der Waals surface area contributed by atoms with Crippen LogP contribution in [0.25, 0.3) is 5.76 Å². The van der Waals surface area contributed by atoms with E-state index in [1.54, 1.807) is 39.5 Å². The second-order valence-corrected chi connectivity index (χ2v) is 7.30. The van der Waals surface area contributed by atoms with Gasteiger partial charge in [0, 0.05) is 31.6 Å². The molecule has 0 radical (unpaired) electrons. The van der Waals surface area contributed by atoms with Crippen LogP contribution >= 0.6 is 0 Å². The Bertz CT molecular complexity index is 886. The van der Waals surface area contributed by atoms with E-state index in [0.29, 0.717) is 23.0 Å². The minimum absolute atomic E-state index is 0.156. The van der Waals surface area contributed by atoms with E-state index in [0.717, 1.165) is 23.3 Å². The fourth-order valence-corrected chi connectivity index (χ4v) is 2.94. The molecule has 0 aliphatic carbocycles. The molecular formula is C21H24N2O4. The third-order valence-electron chi connectivity index (χ3n) is 4.31. The van der Waals surface area contributed by atoms with Crippen LogP contribution in [0.5, 0.6) is 17.2 Å². The van der Waals surface area contributed by atoms with Gasteiger partial charge in [-0.25, -0.2) is 4.98 Å². The number of rotatable bonds is 5. The van der Waals surface area contributed by atoms with E-state index in [2.05, 4.69) is 11.6 Å². The molecule has 1 aliphatic heterocycles. The monoisotopic (exact) mass is 368 g/mol. The first-order valence-electron chi connectivity index (χ1n) is 8.65. The van der Waals surface area contributed by atoms with Gasteiger partial charge < -0.3 is 19.1 Å². The van der Waals surface area contributed by atoms with Gasteiger partial charge in [0.1, 0.15) is 34.3 Å². The molecule has 142 valence electrons. The molecule has 27 heavy (non-hydrogen) atoms. The van der Waals surface area contributed by atoms with Crippen LogP contribution in [-0.2, 0) is 11.2 Å². The smallest absolute Gasteiger partial charge is 0.271 e. The lowest BCUT2D eigenvalue weighted by Gasteiger charge is -2.16. The quantitative estimate of drug-likeness (QED) is 0.749. The molecule has 0 bridgehead atoms. The molecule has 0 unspecified atom stereocenters. The normalized spacial score (nSPS) is 14.1. The van der Waals surface area contributed by atoms with Crippen LogP contribution in [0.4, 0.5) is 0 Å². The molecule has 0 spiro atoms. The summed E-state index contributed by atoms with van der Waals surface area (Å²) in [6.45, 7) is 7.98. The topological polar surface area (TPSA) is 60.9 Å². The lowest BCUT2D eigenvalue weighted by molar-refractivity contribution is 0.0822. The summed E-state index contributed by atoms with van der Waals surface area (Å²) in [6.07, 6.45) is 2.27. The molecule has 1 aromatic carbocycles. The maximum atomic E-state index is 12.0. The van der Waals surface area contributed by atoms with Crippen LogP contribution in [0.3, 0.4) is 0 Å². The Balaban J connectivity index is 1.94. The molecule has 0 fully saturated rings. The predicted molar refractivity (Wildman–Crippen MR) is 103 cm³/mol. The van der Waals surface area contributed by atoms with Crippen molar-refractivity contribution in [1.82, 2.24) is 9.88 Å². The number of carbonyl (C=O) groups is 1. The Kier molecular flexibility index (Phi) is 4.83. The molecule has 0 saturated heterocycles. The van der Waals surface area contributed by atoms with Gasteiger partial charge in [0.2, 0.25) is 0 Å². The summed E-state index contributed by atoms with van der Waals surface area (Å²) in [5.41, 5.74) is 1.83. The van der Waals surface area contributed by atoms with Crippen LogP contribution in [0.1, 0.15) is 35.5 Å². The van der Waals surface area contributed by atoms with Gasteiger partial charge in [-0.3, -0.25) is 4.79 Å². The fourth-order valence-electron chi connectivity index (χ4n) is 2.94. The highest BCUT2D eigenvalue weighted by Crippen LogP contribution is 2.43. The molecule has 1 aliphatic rings. The third-order valence-corrected chi connectivity index (χ3v) is 4.31. The van der Waals surface area contributed by atoms with Gasteiger partial charge in [0.25, 0.3) is 5.91 Å². The van der Waals surface area contributed by atoms with Gasteiger partial charge in [-0.1, -0.05) is 6.58 Å². The van der Waals surface area contributed by atoms with Gasteiger partial charge >= 0.3 is 0 Å². The van der Waals surface area contributed by atoms with Gasteiger partial charge in [-0.05, 0) is 38.1 Å². The third kappa shape index (κ3) is 3.89. The minimum atomic E-state index is -0.312. The second kappa shape index (κ2) is 6.95. The van der Waals surface area contributed by atoms with Crippen LogP contribution in [0.2, 0.25) is 0 Å². The van der Waals surface area contributed by atoms with Gasteiger partial charge in [-0.2, -0.15) is 0 Å². The average molecular weight is 368 g/mol. The van der Waals surface area contributed by atoms with Crippen molar-refractivity contribution in [3.8, 4) is 17.2 Å². The molecule has 1 amide bonds. The number of nitrogens with zero attached hydrogens (tertiary/aromatic N) is 2. The number of hydrogen-bond donors (Lipinski definition) is 0. The first kappa shape index (κ1) is 18.8. The zero-order chi connectivity index (χ0) is 19.8. The Morgan fingerprint density at radius 2 is 2.04 bits per heavy atom. The molecule has 3 rings (SSSR count). The van der Waals surface area contributed by atoms with Gasteiger partial charge in [0.05, 0.1) is 13.3 Å². The van der Waals surface area contributed by atoms with Crippen LogP contribution in [-0.4, -0.2) is 42.6 Å². The summed E-state index contributed by atoms with van der Waals surface area (Å²) < 4.78 is 17.4. The second-order valence-electron chi connectivity index (χ2n) is 7.30. The summed E-state index contributed by atoms with van der Waals surface area (Å²) >= 11 is 0. The maximum Gasteiger partial charge on any atom is 0.271 e. The zero-order valence-corrected chi connectivity index (χ0v) is 16.3. The van der Waals surface area contributed by atoms with Crippen LogP contribution < -0.4 is 9.47 Å². The molecule has 1 aromatic heterocycles. The van der Waals surface area contributed by atoms with Crippen molar-refractivity contribution in [2.24, 2.45) is 0 Å². The Morgan fingerprint density at radius 3 is 2.63 bits per heavy atom. The van der Waals surface area contributed by atoms with E-state index in [-0.39, 0.29) is 11.5 Å². The van der Waals surface area contributed by atoms with Gasteiger partial charge in [-0.15, -0.1) is 0 Å². The van der Waals surface area contributed by atoms with E-state index in [1.165, 1.54) is 4.90 Å². The summed E-state index contributed by atoms with van der Waals surface area (Å²) in [5, 5.41) is 0. The number of amides is 1. The van der Waals surface area contributed by atoms with Crippen LogP contribution in [0, 0.1) is 0 Å². The highest BCUT2D eigenvalue weighted by molar-refractivity contribution is 5.91. The lowest BCUT2D eigenvalue weighted by Crippen LogP contribution is -2.24. The largest absolute Gasteiger partial charge is 0.497 e. The molecule has 6 heteroatoms. The number of pyridine rings is 1. The summed E-state index contributed by atoms with van der Waals surface area (Å²) in [5.74, 6) is 2.34. The molecule has 2 heterocycles. The maximum absolute atomic E-state index is 12.0. The summed E-state index contributed by atoms with van der Waals surface area (Å²) in [7, 11) is 4.95. The highest BCUT2D eigenvalue weighted by Gasteiger charge is 2.33. The number of ether oxygens (including phenoxy) is 3. The SMILES string of the molecule is C=C(OC)c1cc(Oc2ccc(C(=O)N(C)C)nc2)c2c(c1)OC(C)(C)C2. The van der Waals surface area contributed by atoms with Crippen molar-refractivity contribution in [3.63, 3.8) is 0 Å². The van der Waals surface area contributed by atoms with Crippen molar-refractivity contribution >= 4 is 11.7 Å². The lowest BCUT2D eigenvalue weighted by atomic mass is 9.99. The molecule has 0 saturated carbocycles. The number of fused-ring (bicyclic) bond motifs is 1. The van der Waals surface area contributed by atoms with E-state index >= 15 is 0 Å². The van der Waals surface area contributed by atoms with E-state index in [9.17, 15) is 4.79 Å². The molecular weight excluding hydrogens is 344 g/mol. The summed E-state index contributed by atoms with van der Waals surface area (Å²) in [4.78, 5) is 17.7. The first-order chi connectivity index (χ1) is 12.7. The van der Waals surface area contributed by atoms with Crippen molar-refractivity contribution < 1.29 is 19.0 Å². The minimum Gasteiger partial charge on any atom is -0.497 e. The van der Waals surface area contributed by atoms with E-state index in [4.69, 9.17) is 14.2 Å². The average Bonchev–Trinajstić information content (AvgIpc) is 2.95. The fraction of sp³-hybridized carbons (Fsp3) is 0.333. The van der Waals surface area contributed by atoms with Crippen molar-refractivity contribution in [2.75, 3.05) is 21.2 Å². The van der Waals surface area contributed by atoms with E-state index in [1.807, 2.05) is 26.0 Å². The first-order valence-corrected chi connectivity index (χ1v) is 8.65. The predicted octanol–water partition coefficient (Wildman–Crippen LogP) is 3.91. The van der Waals surface area contributed by atoms with Crippen LogP contribution in [0.15, 0.2) is 37.0 Å². The number of methoxy groups -OCH3 is 1. The van der Waals surface area contributed by atoms with Crippen molar-refractivity contribution in [3.05, 3.63) is 53.9 Å². The number of carbonyl (C=O) groups excluding carboxylic acids is 1. The number of aromatic nitrogens is 1. The Morgan fingerprint density at radius 1 is 1.30 bits per heavy atom. The van der Waals surface area contributed by atoms with Gasteiger partial charge in [0.15, 0.2) is 0 Å². The molecule has 2 aromatic rings. The number of benzene rings is 1. The highest BCUT2D eigenvalue weighted by atomic mass is 16.5. The van der Waals surface area contributed by atoms with Crippen molar-refractivity contribution in [1.29, 1.82) is 0 Å². The number of hydrogen-bond acceptors (Lipinski definition) is 5. The molecule has 0 N–H and O–H groups in total.